The van der Waals surface area contributed by atoms with Gasteiger partial charge in [-0.2, -0.15) is 0 Å². The highest BCUT2D eigenvalue weighted by atomic mass is 16.8. The third kappa shape index (κ3) is 18.6. The van der Waals surface area contributed by atoms with Gasteiger partial charge in [0.1, 0.15) is 36.6 Å². The molecular weight excluding hydrogens is 1090 g/mol. The third-order valence-electron chi connectivity index (χ3n) is 15.4. The van der Waals surface area contributed by atoms with E-state index in [0.29, 0.717) is 58.0 Å². The van der Waals surface area contributed by atoms with Crippen LogP contribution in [0, 0.1) is 22.7 Å². The summed E-state index contributed by atoms with van der Waals surface area (Å²) in [6, 6.07) is 9.80. The van der Waals surface area contributed by atoms with Gasteiger partial charge in [0, 0.05) is 74.7 Å². The van der Waals surface area contributed by atoms with Crippen LogP contribution in [0.4, 0.5) is 0 Å². The van der Waals surface area contributed by atoms with Crippen LogP contribution in [0.15, 0.2) is 30.3 Å². The average Bonchev–Trinajstić information content (AvgIpc) is 1.96. The monoisotopic (exact) mass is 1180 g/mol. The van der Waals surface area contributed by atoms with Gasteiger partial charge >= 0.3 is 35.8 Å². The second-order valence-electron chi connectivity index (χ2n) is 24.4. The van der Waals surface area contributed by atoms with Crippen LogP contribution in [-0.4, -0.2) is 191 Å². The van der Waals surface area contributed by atoms with E-state index in [1.165, 1.54) is 34.8 Å². The number of fused-ring (bicyclic) bond motifs is 4. The number of ether oxygens (including phenoxy) is 15. The van der Waals surface area contributed by atoms with Gasteiger partial charge in [-0.25, -0.2) is 0 Å². The van der Waals surface area contributed by atoms with Crippen molar-refractivity contribution in [1.29, 1.82) is 0 Å². The summed E-state index contributed by atoms with van der Waals surface area (Å²) in [4.78, 5) is 71.5. The van der Waals surface area contributed by atoms with Gasteiger partial charge in [-0.1, -0.05) is 44.2 Å². The SMILES string of the molecule is CO.COC12CC[C@H](CCOC(=O)C(C)(C)C)O[C@@H]1[C@@H](OC(C)=O)[C@@H]1O[C@H](C[C@@H](C)COC(C)=O)[C@H](O)[C@@H]1O2.COC12CC[C@H](CCOC(=O)C(C)(C)C)O[C@@H]1[C@@H](OC(C)=O)[C@@H]1O[C@H](C[C@@H](C)COC(C)=O)[C@H](OCc3ccccc3)[C@@H]1O2. The molecule has 6 heterocycles. The van der Waals surface area contributed by atoms with E-state index in [2.05, 4.69) is 0 Å². The lowest BCUT2D eigenvalue weighted by atomic mass is 9.84. The summed E-state index contributed by atoms with van der Waals surface area (Å²) in [5, 5.41) is 18.1. The molecule has 23 nitrogen and oxygen atoms in total. The summed E-state index contributed by atoms with van der Waals surface area (Å²) in [6.45, 7) is 21.2. The number of carbonyl (C=O) groups is 6. The molecule has 1 aromatic carbocycles. The smallest absolute Gasteiger partial charge is 0.311 e. The average molecular weight is 1180 g/mol. The van der Waals surface area contributed by atoms with Gasteiger partial charge in [-0.3, -0.25) is 28.8 Å². The Balaban J connectivity index is 0.000000299. The minimum atomic E-state index is -1.25. The Morgan fingerprint density at radius 2 is 1.00 bits per heavy atom. The molecule has 0 saturated carbocycles. The summed E-state index contributed by atoms with van der Waals surface area (Å²) in [5.74, 6) is -4.88. The molecule has 6 aliphatic heterocycles. The normalized spacial score (nSPS) is 33.3. The van der Waals surface area contributed by atoms with Crippen molar-refractivity contribution in [3.05, 3.63) is 35.9 Å². The van der Waals surface area contributed by atoms with E-state index in [0.717, 1.165) is 12.7 Å². The van der Waals surface area contributed by atoms with Crippen molar-refractivity contribution in [2.24, 2.45) is 22.7 Å². The number of rotatable bonds is 21. The zero-order chi connectivity index (χ0) is 61.6. The Morgan fingerprint density at radius 3 is 1.42 bits per heavy atom. The Hall–Kier alpha value is -4.40. The van der Waals surface area contributed by atoms with E-state index in [-0.39, 0.29) is 74.3 Å². The Bertz CT molecular complexity index is 2250. The molecule has 18 atom stereocenters. The van der Waals surface area contributed by atoms with E-state index in [9.17, 15) is 33.9 Å². The van der Waals surface area contributed by atoms with E-state index < -0.39 is 108 Å². The first-order valence-electron chi connectivity index (χ1n) is 28.9. The molecule has 0 aliphatic carbocycles. The fourth-order valence-corrected chi connectivity index (χ4v) is 11.2. The first kappa shape index (κ1) is 69.4. The lowest BCUT2D eigenvalue weighted by Gasteiger charge is -2.53. The van der Waals surface area contributed by atoms with Gasteiger partial charge in [0.15, 0.2) is 36.0 Å². The molecule has 1 aromatic rings. The molecule has 0 spiro atoms. The second-order valence-corrected chi connectivity index (χ2v) is 24.4. The van der Waals surface area contributed by atoms with E-state index in [4.69, 9.17) is 76.2 Å². The standard InChI is InChI=1S/C33H48O11.C26H42O11.CH4O/c1-20(18-39-21(2)34)17-25-26(40-19-23-11-9-8-10-12-23)28-27(43-25)29(41-22(3)35)30-33(37-7,44-28)15-13-24(42-30)14-16-38-31(36)32(4,5)6;1-14(13-33-15(2)27)12-18-19(29)20-21(36-18)22(34-16(3)28)23-26(31-7,37-20)10-8-17(35-23)9-11-32-24(30)25(4,5)6;1-2/h8-12,20,24-30H,13-19H2,1-7H3;14,17-23,29H,8-13H2,1-7H3;2H,1H3/t20-,24-,25-,26+,27-,28+,29+,30-,33?;14-,17-,18-,19+,20+,21-,22+,23-,26?;/m11./s1. The first-order valence-corrected chi connectivity index (χ1v) is 28.9. The number of methoxy groups -OCH3 is 2. The largest absolute Gasteiger partial charge is 0.466 e. The molecule has 23 heteroatoms. The highest BCUT2D eigenvalue weighted by Gasteiger charge is 2.67. The molecule has 2 unspecified atom stereocenters. The molecule has 0 aromatic heterocycles. The van der Waals surface area contributed by atoms with Crippen molar-refractivity contribution in [1.82, 2.24) is 0 Å². The van der Waals surface area contributed by atoms with E-state index >= 15 is 0 Å². The number of benzene rings is 1. The van der Waals surface area contributed by atoms with Gasteiger partial charge < -0.3 is 81.3 Å². The molecule has 6 saturated heterocycles. The maximum absolute atomic E-state index is 12.4. The van der Waals surface area contributed by atoms with E-state index in [1.54, 1.807) is 27.9 Å². The third-order valence-corrected chi connectivity index (χ3v) is 15.4. The number of aliphatic hydroxyl groups excluding tert-OH is 2. The van der Waals surface area contributed by atoms with Crippen LogP contribution in [-0.2, 0) is 106 Å². The minimum absolute atomic E-state index is 0.0332. The highest BCUT2D eigenvalue weighted by molar-refractivity contribution is 5.75. The summed E-state index contributed by atoms with van der Waals surface area (Å²) in [5.41, 5.74) is -0.209. The Kier molecular flexibility index (Phi) is 25.7. The lowest BCUT2D eigenvalue weighted by molar-refractivity contribution is -0.383. The predicted molar refractivity (Wildman–Crippen MR) is 294 cm³/mol. The van der Waals surface area contributed by atoms with Crippen molar-refractivity contribution in [2.45, 2.75) is 238 Å². The van der Waals surface area contributed by atoms with Gasteiger partial charge in [0.25, 0.3) is 0 Å². The number of carbonyl (C=O) groups excluding carboxylic acids is 6. The number of aliphatic hydroxyl groups is 2. The van der Waals surface area contributed by atoms with Crippen LogP contribution in [0.5, 0.6) is 0 Å². The zero-order valence-corrected chi connectivity index (χ0v) is 51.3. The summed E-state index contributed by atoms with van der Waals surface area (Å²) >= 11 is 0. The van der Waals surface area contributed by atoms with Gasteiger partial charge in [-0.15, -0.1) is 0 Å². The quantitative estimate of drug-likeness (QED) is 0.111. The fourth-order valence-electron chi connectivity index (χ4n) is 11.2. The molecule has 83 heavy (non-hydrogen) atoms. The topological polar surface area (TPSA) is 281 Å². The van der Waals surface area contributed by atoms with Crippen molar-refractivity contribution in [2.75, 3.05) is 47.8 Å². The highest BCUT2D eigenvalue weighted by Crippen LogP contribution is 2.50. The fraction of sp³-hybridized carbons (Fsp3) is 0.800. The molecule has 6 fully saturated rings. The van der Waals surface area contributed by atoms with E-state index in [1.807, 2.05) is 65.0 Å². The van der Waals surface area contributed by atoms with Crippen molar-refractivity contribution in [3.63, 3.8) is 0 Å². The van der Waals surface area contributed by atoms with Crippen LogP contribution in [0.2, 0.25) is 0 Å². The second kappa shape index (κ2) is 30.8. The molecule has 472 valence electrons. The number of hydrogen-bond acceptors (Lipinski definition) is 23. The van der Waals surface area contributed by atoms with Crippen LogP contribution in [0.3, 0.4) is 0 Å². The molecule has 0 bridgehead atoms. The van der Waals surface area contributed by atoms with Gasteiger partial charge in [-0.05, 0) is 84.6 Å². The summed E-state index contributed by atoms with van der Waals surface area (Å²) in [7, 11) is 4.05. The van der Waals surface area contributed by atoms with Crippen LogP contribution in [0.1, 0.15) is 140 Å². The Labute approximate surface area is 488 Å². The molecular formula is C60H94O23. The maximum Gasteiger partial charge on any atom is 0.311 e. The number of esters is 6. The van der Waals surface area contributed by atoms with Crippen LogP contribution in [0.25, 0.3) is 0 Å². The molecule has 0 amide bonds. The molecule has 0 radical (unpaired) electrons. The molecule has 2 N–H and O–H groups in total. The zero-order valence-electron chi connectivity index (χ0n) is 51.3. The van der Waals surface area contributed by atoms with Crippen LogP contribution >= 0.6 is 0 Å². The predicted octanol–water partition coefficient (Wildman–Crippen LogP) is 5.64. The lowest BCUT2D eigenvalue weighted by Crippen LogP contribution is -2.69. The van der Waals surface area contributed by atoms with Crippen molar-refractivity contribution in [3.8, 4) is 0 Å². The van der Waals surface area contributed by atoms with Gasteiger partial charge in [0.05, 0.1) is 68.3 Å². The molecule has 6 aliphatic rings. The van der Waals surface area contributed by atoms with Crippen molar-refractivity contribution < 1.29 is 110 Å². The maximum atomic E-state index is 12.4. The Morgan fingerprint density at radius 1 is 0.578 bits per heavy atom. The molecule has 7 rings (SSSR count). The minimum Gasteiger partial charge on any atom is -0.466 e. The number of hydrogen-bond donors (Lipinski definition) is 2. The first-order chi connectivity index (χ1) is 39.1. The van der Waals surface area contributed by atoms with Crippen molar-refractivity contribution >= 4 is 35.8 Å². The summed E-state index contributed by atoms with van der Waals surface area (Å²) in [6.07, 6.45) is -5.54. The van der Waals surface area contributed by atoms with Gasteiger partial charge in [0.2, 0.25) is 0 Å². The summed E-state index contributed by atoms with van der Waals surface area (Å²) < 4.78 is 90.0. The van der Waals surface area contributed by atoms with Crippen LogP contribution < -0.4 is 0 Å².